The first-order valence-electron chi connectivity index (χ1n) is 9.50. The summed E-state index contributed by atoms with van der Waals surface area (Å²) in [7, 11) is 0. The van der Waals surface area contributed by atoms with E-state index in [0.717, 1.165) is 41.9 Å². The van der Waals surface area contributed by atoms with Crippen LogP contribution in [0.5, 0.6) is 0 Å². The summed E-state index contributed by atoms with van der Waals surface area (Å²) >= 11 is 0. The number of nitrogens with two attached hydrogens (primary N) is 1. The molecule has 0 amide bonds. The molecule has 1 unspecified atom stereocenters. The van der Waals surface area contributed by atoms with E-state index >= 15 is 0 Å². The molecule has 1 aliphatic heterocycles. The third-order valence-corrected chi connectivity index (χ3v) is 5.13. The summed E-state index contributed by atoms with van der Waals surface area (Å²) in [5, 5.41) is 1.38. The minimum atomic E-state index is -0.245. The van der Waals surface area contributed by atoms with Crippen molar-refractivity contribution >= 4 is 46.0 Å². The van der Waals surface area contributed by atoms with Gasteiger partial charge in [-0.25, -0.2) is 14.4 Å². The summed E-state index contributed by atoms with van der Waals surface area (Å²) < 4.78 is 20.0. The van der Waals surface area contributed by atoms with Crippen LogP contribution in [0.3, 0.4) is 0 Å². The van der Waals surface area contributed by atoms with Crippen molar-refractivity contribution in [3.63, 3.8) is 0 Å². The molecule has 4 nitrogen and oxygen atoms in total. The average Bonchev–Trinajstić information content (AvgIpc) is 3.17. The number of hydrogen-bond donors (Lipinski definition) is 1. The van der Waals surface area contributed by atoms with Crippen LogP contribution in [0.25, 0.3) is 22.0 Å². The summed E-state index contributed by atoms with van der Waals surface area (Å²) in [4.78, 5) is 9.52. The van der Waals surface area contributed by atoms with Gasteiger partial charge in [-0.05, 0) is 36.3 Å². The van der Waals surface area contributed by atoms with E-state index in [1.165, 1.54) is 6.07 Å². The maximum atomic E-state index is 14.3. The third-order valence-electron chi connectivity index (χ3n) is 5.13. The Hall–Kier alpha value is -1.53. The summed E-state index contributed by atoms with van der Waals surface area (Å²) in [6, 6.07) is 10.7. The van der Waals surface area contributed by atoms with Crippen molar-refractivity contribution in [2.24, 2.45) is 0 Å². The summed E-state index contributed by atoms with van der Waals surface area (Å²) in [6.45, 7) is 4.94. The van der Waals surface area contributed by atoms with E-state index in [9.17, 15) is 4.39 Å². The number of halogens is 1. The van der Waals surface area contributed by atoms with Crippen molar-refractivity contribution in [2.45, 2.75) is 45.1 Å². The molecule has 0 spiro atoms. The first-order chi connectivity index (χ1) is 13.0. The molecule has 0 bridgehead atoms. The topological polar surface area (TPSA) is 61.0 Å². The van der Waals surface area contributed by atoms with Gasteiger partial charge in [0.2, 0.25) is 0 Å². The second-order valence-electron chi connectivity index (χ2n) is 7.42. The van der Waals surface area contributed by atoms with Crippen LogP contribution in [0, 0.1) is 5.82 Å². The number of hydrogen-bond acceptors (Lipinski definition) is 4. The van der Waals surface area contributed by atoms with Crippen LogP contribution in [-0.2, 0) is 11.2 Å². The monoisotopic (exact) mass is 389 g/mol. The predicted octanol–water partition coefficient (Wildman–Crippen LogP) is 4.21. The van der Waals surface area contributed by atoms with Crippen LogP contribution in [0.2, 0.25) is 0 Å². The molecule has 2 aromatic carbocycles. The molecule has 3 aromatic rings. The molecule has 6 heteroatoms. The van der Waals surface area contributed by atoms with E-state index in [2.05, 4.69) is 13.8 Å². The molecule has 0 aliphatic carbocycles. The van der Waals surface area contributed by atoms with E-state index in [0.29, 0.717) is 23.2 Å². The van der Waals surface area contributed by atoms with Crippen LogP contribution in [0.1, 0.15) is 44.1 Å². The molecular weight excluding hydrogens is 364 g/mol. The van der Waals surface area contributed by atoms with Gasteiger partial charge in [-0.1, -0.05) is 38.1 Å². The van der Waals surface area contributed by atoms with Crippen LogP contribution in [-0.4, -0.2) is 52.2 Å². The zero-order valence-corrected chi connectivity index (χ0v) is 15.7. The Morgan fingerprint density at radius 3 is 2.57 bits per heavy atom. The van der Waals surface area contributed by atoms with Crippen LogP contribution in [0.4, 0.5) is 10.1 Å². The molecule has 1 aromatic heterocycles. The third kappa shape index (κ3) is 4.08. The molecule has 28 heavy (non-hydrogen) atoms. The second kappa shape index (κ2) is 8.87. The van der Waals surface area contributed by atoms with Gasteiger partial charge in [0.05, 0.1) is 23.2 Å². The standard InChI is InChI=1S/C22H24FN3O.Na.H/c1-13(2)21-20(24)22(26-19(25-21)12-14-6-5-11-27-14)17-9-10-18(23)16-8-4-3-7-15(16)17;;/h3-4,7-10,13-14H,5-6,11-12,24H2,1-2H3;;. The molecule has 2 heterocycles. The molecule has 1 saturated heterocycles. The summed E-state index contributed by atoms with van der Waals surface area (Å²) in [6.07, 6.45) is 2.93. The van der Waals surface area contributed by atoms with Crippen molar-refractivity contribution in [3.8, 4) is 11.3 Å². The number of aromatic nitrogens is 2. The van der Waals surface area contributed by atoms with Gasteiger partial charge in [0.15, 0.2) is 0 Å². The number of nitrogen functional groups attached to an aromatic ring is 1. The van der Waals surface area contributed by atoms with Gasteiger partial charge < -0.3 is 10.5 Å². The predicted molar refractivity (Wildman–Crippen MR) is 113 cm³/mol. The minimum absolute atomic E-state index is 0. The molecule has 142 valence electrons. The van der Waals surface area contributed by atoms with Gasteiger partial charge in [-0.2, -0.15) is 0 Å². The van der Waals surface area contributed by atoms with E-state index in [-0.39, 0.29) is 47.4 Å². The van der Waals surface area contributed by atoms with Crippen molar-refractivity contribution in [2.75, 3.05) is 12.3 Å². The fourth-order valence-electron chi connectivity index (χ4n) is 3.75. The Balaban J connectivity index is 0.00000225. The normalized spacial score (nSPS) is 16.5. The fourth-order valence-corrected chi connectivity index (χ4v) is 3.75. The van der Waals surface area contributed by atoms with Gasteiger partial charge in [0, 0.05) is 24.0 Å². The average molecular weight is 389 g/mol. The molecular formula is C22H25FN3NaO. The molecule has 1 fully saturated rings. The van der Waals surface area contributed by atoms with Crippen molar-refractivity contribution in [3.05, 3.63) is 53.7 Å². The van der Waals surface area contributed by atoms with Crippen LogP contribution >= 0.6 is 0 Å². The van der Waals surface area contributed by atoms with E-state index in [1.54, 1.807) is 12.1 Å². The fraction of sp³-hybridized carbons (Fsp3) is 0.364. The maximum absolute atomic E-state index is 14.3. The number of ether oxygens (including phenoxy) is 1. The van der Waals surface area contributed by atoms with Gasteiger partial charge in [0.1, 0.15) is 11.6 Å². The Bertz CT molecular complexity index is 987. The zero-order chi connectivity index (χ0) is 19.0. The van der Waals surface area contributed by atoms with Crippen LogP contribution in [0.15, 0.2) is 36.4 Å². The van der Waals surface area contributed by atoms with Gasteiger partial charge in [-0.3, -0.25) is 0 Å². The summed E-state index contributed by atoms with van der Waals surface area (Å²) in [5.74, 6) is 0.663. The summed E-state index contributed by atoms with van der Waals surface area (Å²) in [5.41, 5.74) is 9.39. The van der Waals surface area contributed by atoms with Crippen molar-refractivity contribution in [1.29, 1.82) is 0 Å². The van der Waals surface area contributed by atoms with Crippen LogP contribution < -0.4 is 5.73 Å². The zero-order valence-electron chi connectivity index (χ0n) is 15.7. The number of fused-ring (bicyclic) bond motifs is 1. The Morgan fingerprint density at radius 2 is 1.89 bits per heavy atom. The van der Waals surface area contributed by atoms with Crippen molar-refractivity contribution in [1.82, 2.24) is 9.97 Å². The quantitative estimate of drug-likeness (QED) is 0.679. The molecule has 4 rings (SSSR count). The van der Waals surface area contributed by atoms with Gasteiger partial charge >= 0.3 is 29.6 Å². The second-order valence-corrected chi connectivity index (χ2v) is 7.42. The Labute approximate surface area is 187 Å². The van der Waals surface area contributed by atoms with E-state index in [4.69, 9.17) is 20.4 Å². The van der Waals surface area contributed by atoms with Gasteiger partial charge in [-0.15, -0.1) is 0 Å². The Kier molecular flexibility index (Phi) is 6.71. The van der Waals surface area contributed by atoms with E-state index < -0.39 is 0 Å². The number of nitrogens with zero attached hydrogens (tertiary/aromatic N) is 2. The molecule has 1 aliphatic rings. The molecule has 0 saturated carbocycles. The molecule has 2 N–H and O–H groups in total. The molecule has 0 radical (unpaired) electrons. The first kappa shape index (κ1) is 21.2. The SMILES string of the molecule is CC(C)c1nc(CC2CCCO2)nc(-c2ccc(F)c3ccccc23)c1N.[NaH]. The number of rotatable bonds is 4. The number of anilines is 1. The first-order valence-corrected chi connectivity index (χ1v) is 9.50. The molecule has 1 atom stereocenters. The van der Waals surface area contributed by atoms with Gasteiger partial charge in [0.25, 0.3) is 0 Å². The Morgan fingerprint density at radius 1 is 1.14 bits per heavy atom. The number of benzene rings is 2. The van der Waals surface area contributed by atoms with Crippen molar-refractivity contribution < 1.29 is 9.13 Å². The van der Waals surface area contributed by atoms with E-state index in [1.807, 2.05) is 18.2 Å².